The van der Waals surface area contributed by atoms with Gasteiger partial charge in [-0.3, -0.25) is 0 Å². The zero-order valence-corrected chi connectivity index (χ0v) is 51.5. The van der Waals surface area contributed by atoms with Crippen LogP contribution in [0.5, 0.6) is 0 Å². The van der Waals surface area contributed by atoms with E-state index in [1.54, 1.807) is 10.8 Å². The fraction of sp³-hybridized carbons (Fsp3) is 0.516. The SMILES string of the molecule is CC(C)c1cc(C[Si](C)(C)c2ccccc2)cc(C(C)C)c1S.CCCCc1cc(C[Si](C)(C)C)cc(CCCC)c1S.CCCCc1cc(C[Si](C)(C)c2ccccc2)cc(CCCC)c1S. The van der Waals surface area contributed by atoms with Gasteiger partial charge < -0.3 is 0 Å². The standard InChI is InChI=1S/C23H34SSi.C21H30SSi.C18H32SSi/c1-5-7-12-20-16-19(17-21(23(20)24)13-8-6-2)18-25(3,4)22-14-10-9-11-15-22;1-15(2)19-12-17(13-20(16(3)4)21(19)22)14-23(5,6)18-10-8-7-9-11-18;1-6-8-10-16-12-15(14-20(3,4)5)13-17(18(16)19)11-9-7-2/h9-11,14-17,24H,5-8,12-13,18H2,1-4H3;7-13,15-16,22H,14H2,1-6H3;12-13,19H,6-11,14H2,1-5H3. The van der Waals surface area contributed by atoms with Crippen molar-refractivity contribution in [2.24, 2.45) is 0 Å². The molecule has 0 fully saturated rings. The Hall–Kier alpha value is -2.20. The molecule has 0 unspecified atom stereocenters. The molecule has 0 aliphatic rings. The molecule has 0 radical (unpaired) electrons. The third-order valence-electron chi connectivity index (χ3n) is 13.5. The highest BCUT2D eigenvalue weighted by Gasteiger charge is 2.26. The van der Waals surface area contributed by atoms with E-state index < -0.39 is 24.2 Å². The van der Waals surface area contributed by atoms with E-state index in [4.69, 9.17) is 37.9 Å². The minimum atomic E-state index is -1.48. The third-order valence-corrected chi connectivity index (χ3v) is 23.0. The average molecular weight is 1020 g/mol. The number of hydrogen-bond donors (Lipinski definition) is 3. The highest BCUT2D eigenvalue weighted by atomic mass is 32.1. The van der Waals surface area contributed by atoms with Gasteiger partial charge in [0.15, 0.2) is 0 Å². The van der Waals surface area contributed by atoms with Crippen molar-refractivity contribution in [1.82, 2.24) is 0 Å². The average Bonchev–Trinajstić information content (AvgIpc) is 3.28. The lowest BCUT2D eigenvalue weighted by Crippen LogP contribution is -2.43. The van der Waals surface area contributed by atoms with E-state index in [2.05, 4.69) is 198 Å². The number of benzene rings is 5. The maximum absolute atomic E-state index is 4.90. The predicted molar refractivity (Wildman–Crippen MR) is 325 cm³/mol. The van der Waals surface area contributed by atoms with E-state index in [-0.39, 0.29) is 0 Å². The van der Waals surface area contributed by atoms with E-state index in [0.717, 1.165) is 12.8 Å². The van der Waals surface area contributed by atoms with Gasteiger partial charge in [0.2, 0.25) is 0 Å². The first-order chi connectivity index (χ1) is 32.1. The summed E-state index contributed by atoms with van der Waals surface area (Å²) >= 11 is 14.6. The van der Waals surface area contributed by atoms with Crippen molar-refractivity contribution >= 4 is 72.5 Å². The van der Waals surface area contributed by atoms with Crippen LogP contribution in [0.15, 0.2) is 112 Å². The van der Waals surface area contributed by atoms with E-state index >= 15 is 0 Å². The molecule has 0 atom stereocenters. The second-order valence-corrected chi connectivity index (χ2v) is 39.2. The van der Waals surface area contributed by atoms with Gasteiger partial charge in [0.1, 0.15) is 0 Å². The molecule has 0 aliphatic carbocycles. The first kappa shape index (κ1) is 60.1. The van der Waals surface area contributed by atoms with Gasteiger partial charge in [-0.15, -0.1) is 37.9 Å². The quantitative estimate of drug-likeness (QED) is 0.0447. The van der Waals surface area contributed by atoms with Crippen molar-refractivity contribution in [3.8, 4) is 0 Å². The third kappa shape index (κ3) is 19.8. The molecule has 0 N–H and O–H groups in total. The zero-order chi connectivity index (χ0) is 50.7. The summed E-state index contributed by atoms with van der Waals surface area (Å²) in [4.78, 5) is 3.72. The molecule has 0 amide bonds. The van der Waals surface area contributed by atoms with E-state index in [1.165, 1.54) is 147 Å². The molecule has 0 nitrogen and oxygen atoms in total. The normalized spacial score (nSPS) is 11.9. The van der Waals surface area contributed by atoms with Gasteiger partial charge in [-0.05, 0) is 126 Å². The van der Waals surface area contributed by atoms with Crippen LogP contribution in [-0.2, 0) is 43.8 Å². The van der Waals surface area contributed by atoms with Gasteiger partial charge in [0.05, 0.1) is 16.1 Å². The molecule has 374 valence electrons. The van der Waals surface area contributed by atoms with Crippen molar-refractivity contribution in [3.05, 3.63) is 147 Å². The number of rotatable bonds is 22. The largest absolute Gasteiger partial charge is 0.143 e. The molecule has 5 aromatic rings. The van der Waals surface area contributed by atoms with Crippen LogP contribution >= 0.6 is 37.9 Å². The van der Waals surface area contributed by atoms with Gasteiger partial charge >= 0.3 is 0 Å². The minimum Gasteiger partial charge on any atom is -0.143 e. The first-order valence-corrected chi connectivity index (χ1v) is 38.2. The molecule has 0 bridgehead atoms. The minimum absolute atomic E-state index is 0.515. The van der Waals surface area contributed by atoms with Crippen molar-refractivity contribution in [1.29, 1.82) is 0 Å². The Kier molecular flexibility index (Phi) is 25.9. The molecule has 0 aromatic heterocycles. The summed E-state index contributed by atoms with van der Waals surface area (Å²) in [5.74, 6) is 1.03. The van der Waals surface area contributed by atoms with Crippen LogP contribution < -0.4 is 10.4 Å². The molecule has 0 saturated carbocycles. The van der Waals surface area contributed by atoms with Crippen molar-refractivity contribution in [2.75, 3.05) is 0 Å². The topological polar surface area (TPSA) is 0 Å². The summed E-state index contributed by atoms with van der Waals surface area (Å²) in [5.41, 5.74) is 13.2. The fourth-order valence-electron chi connectivity index (χ4n) is 9.44. The highest BCUT2D eigenvalue weighted by molar-refractivity contribution is 7.80. The molecule has 0 heterocycles. The van der Waals surface area contributed by atoms with Gasteiger partial charge in [0, 0.05) is 22.8 Å². The van der Waals surface area contributed by atoms with Crippen LogP contribution in [0.2, 0.25) is 45.8 Å². The van der Waals surface area contributed by atoms with Gasteiger partial charge in [0.25, 0.3) is 0 Å². The van der Waals surface area contributed by atoms with Crippen LogP contribution in [0.1, 0.15) is 169 Å². The molecule has 0 saturated heterocycles. The molecule has 5 aromatic carbocycles. The summed E-state index contributed by atoms with van der Waals surface area (Å²) in [5, 5.41) is 3.09. The Labute approximate surface area is 439 Å². The van der Waals surface area contributed by atoms with Crippen molar-refractivity contribution in [2.45, 2.75) is 223 Å². The van der Waals surface area contributed by atoms with Gasteiger partial charge in [-0.25, -0.2) is 0 Å². The number of thiol groups is 3. The maximum atomic E-state index is 4.90. The van der Waals surface area contributed by atoms with E-state index in [9.17, 15) is 0 Å². The zero-order valence-electron chi connectivity index (χ0n) is 45.8. The molecular weight excluding hydrogens is 925 g/mol. The smallest absolute Gasteiger partial charge is 0.0849 e. The molecule has 6 heteroatoms. The summed E-state index contributed by atoms with van der Waals surface area (Å²) in [6, 6.07) is 40.4. The monoisotopic (exact) mass is 1020 g/mol. The van der Waals surface area contributed by atoms with Crippen LogP contribution in [0.3, 0.4) is 0 Å². The number of aryl methyl sites for hydroxylation is 4. The van der Waals surface area contributed by atoms with E-state index in [0.29, 0.717) is 11.8 Å². The predicted octanol–water partition coefficient (Wildman–Crippen LogP) is 18.4. The Balaban J connectivity index is 0.000000272. The lowest BCUT2D eigenvalue weighted by molar-refractivity contribution is 0.760. The second kappa shape index (κ2) is 29.3. The lowest BCUT2D eigenvalue weighted by atomic mass is 9.93. The van der Waals surface area contributed by atoms with Crippen LogP contribution in [-0.4, -0.2) is 24.2 Å². The molecule has 0 spiro atoms. The summed E-state index contributed by atoms with van der Waals surface area (Å²) in [7, 11) is -4.00. The molecular formula is C62H96S3Si3. The summed E-state index contributed by atoms with van der Waals surface area (Å²) in [6.07, 6.45) is 14.8. The Morgan fingerprint density at radius 1 is 0.382 bits per heavy atom. The number of unbranched alkanes of at least 4 members (excludes halogenated alkanes) is 4. The second-order valence-electron chi connectivity index (χ2n) is 23.0. The maximum Gasteiger partial charge on any atom is 0.0849 e. The fourth-order valence-corrected chi connectivity index (χ4v) is 17.3. The molecule has 5 rings (SSSR count). The van der Waals surface area contributed by atoms with Crippen molar-refractivity contribution in [3.63, 3.8) is 0 Å². The Morgan fingerprint density at radius 2 is 0.662 bits per heavy atom. The van der Waals surface area contributed by atoms with Crippen LogP contribution in [0.4, 0.5) is 0 Å². The van der Waals surface area contributed by atoms with Crippen LogP contribution in [0.25, 0.3) is 0 Å². The summed E-state index contributed by atoms with van der Waals surface area (Å²) < 4.78 is 0. The highest BCUT2D eigenvalue weighted by Crippen LogP contribution is 2.34. The van der Waals surface area contributed by atoms with Crippen LogP contribution in [0, 0.1) is 0 Å². The van der Waals surface area contributed by atoms with Gasteiger partial charge in [-0.2, -0.15) is 0 Å². The number of hydrogen-bond acceptors (Lipinski definition) is 3. The Morgan fingerprint density at radius 3 is 0.926 bits per heavy atom. The van der Waals surface area contributed by atoms with E-state index in [1.807, 2.05) is 0 Å². The van der Waals surface area contributed by atoms with Crippen molar-refractivity contribution < 1.29 is 0 Å². The summed E-state index contributed by atoms with van der Waals surface area (Å²) in [6.45, 7) is 35.4. The first-order valence-electron chi connectivity index (χ1n) is 26.7. The molecule has 0 aliphatic heterocycles. The Bertz CT molecular complexity index is 2150. The lowest BCUT2D eigenvalue weighted by Gasteiger charge is -2.25. The molecule has 68 heavy (non-hydrogen) atoms. The van der Waals surface area contributed by atoms with Gasteiger partial charge in [-0.1, -0.05) is 240 Å².